The molecule has 33 heavy (non-hydrogen) atoms. The number of aromatic nitrogens is 1. The van der Waals surface area contributed by atoms with E-state index in [9.17, 15) is 14.0 Å². The second kappa shape index (κ2) is 9.63. The summed E-state index contributed by atoms with van der Waals surface area (Å²) in [6, 6.07) is 27.3. The number of carbonyl (C=O) groups is 1. The summed E-state index contributed by atoms with van der Waals surface area (Å²) in [5.74, 6) is -1.34. The zero-order chi connectivity index (χ0) is 23.4. The normalized spacial score (nSPS) is 11.9. The van der Waals surface area contributed by atoms with Gasteiger partial charge in [0.1, 0.15) is 5.82 Å². The number of amides is 1. The van der Waals surface area contributed by atoms with Gasteiger partial charge >= 0.3 is 0 Å². The Morgan fingerprint density at radius 2 is 1.48 bits per heavy atom. The van der Waals surface area contributed by atoms with Gasteiger partial charge in [0.2, 0.25) is 5.91 Å². The van der Waals surface area contributed by atoms with E-state index in [0.29, 0.717) is 5.69 Å². The molecule has 6 heteroatoms. The Labute approximate surface area is 191 Å². The van der Waals surface area contributed by atoms with Gasteiger partial charge in [0.15, 0.2) is 0 Å². The van der Waals surface area contributed by atoms with Gasteiger partial charge in [-0.2, -0.15) is 0 Å². The summed E-state index contributed by atoms with van der Waals surface area (Å²) in [5.41, 5.74) is 9.03. The van der Waals surface area contributed by atoms with Gasteiger partial charge in [0.25, 0.3) is 5.56 Å². The Bertz CT molecular complexity index is 1280. The first-order valence-corrected chi connectivity index (χ1v) is 10.6. The van der Waals surface area contributed by atoms with Crippen LogP contribution in [0.25, 0.3) is 11.3 Å². The molecule has 166 valence electrons. The molecule has 0 saturated heterocycles. The maximum atomic E-state index is 14.9. The summed E-state index contributed by atoms with van der Waals surface area (Å²) in [5, 5.41) is 2.73. The Morgan fingerprint density at radius 3 is 2.06 bits per heavy atom. The average Bonchev–Trinajstić information content (AvgIpc) is 2.83. The highest BCUT2D eigenvalue weighted by atomic mass is 19.1. The molecule has 0 saturated carbocycles. The van der Waals surface area contributed by atoms with Crippen LogP contribution in [-0.2, 0) is 11.8 Å². The van der Waals surface area contributed by atoms with Crippen LogP contribution in [0.1, 0.15) is 17.0 Å². The van der Waals surface area contributed by atoms with E-state index in [1.54, 1.807) is 25.2 Å². The molecule has 0 spiro atoms. The molecule has 3 N–H and O–H groups in total. The predicted octanol–water partition coefficient (Wildman–Crippen LogP) is 4.29. The molecule has 0 bridgehead atoms. The zero-order valence-electron chi connectivity index (χ0n) is 18.1. The highest BCUT2D eigenvalue weighted by molar-refractivity contribution is 5.96. The van der Waals surface area contributed by atoms with Gasteiger partial charge in [0.05, 0.1) is 11.7 Å². The quantitative estimate of drug-likeness (QED) is 0.469. The van der Waals surface area contributed by atoms with Gasteiger partial charge in [-0.15, -0.1) is 0 Å². The van der Waals surface area contributed by atoms with Gasteiger partial charge in [-0.1, -0.05) is 66.7 Å². The predicted molar refractivity (Wildman–Crippen MR) is 128 cm³/mol. The molecule has 0 aliphatic carbocycles. The van der Waals surface area contributed by atoms with Crippen LogP contribution < -0.4 is 16.6 Å². The molecule has 3 aromatic carbocycles. The molecule has 1 aromatic heterocycles. The molecular weight excluding hydrogens is 417 g/mol. The maximum Gasteiger partial charge on any atom is 0.250 e. The lowest BCUT2D eigenvalue weighted by Crippen LogP contribution is -2.41. The standard InChI is InChI=1S/C27H24FN3O2/c1-31-23(13-8-14-24(31)32)21-16-15-20(17-22(21)28)30-27(33)26(29)25(18-9-4-2-5-10-18)19-11-6-3-7-12-19/h2-17,25-26H,29H2,1H3,(H,30,33). The van der Waals surface area contributed by atoms with E-state index in [2.05, 4.69) is 5.32 Å². The minimum absolute atomic E-state index is 0.233. The molecule has 4 aromatic rings. The summed E-state index contributed by atoms with van der Waals surface area (Å²) in [6.45, 7) is 0. The monoisotopic (exact) mass is 441 g/mol. The van der Waals surface area contributed by atoms with Crippen molar-refractivity contribution >= 4 is 11.6 Å². The average molecular weight is 442 g/mol. The van der Waals surface area contributed by atoms with Crippen LogP contribution in [0.15, 0.2) is 102 Å². The molecule has 1 unspecified atom stereocenters. The largest absolute Gasteiger partial charge is 0.325 e. The van der Waals surface area contributed by atoms with Crippen LogP contribution in [0.4, 0.5) is 10.1 Å². The number of rotatable bonds is 6. The minimum atomic E-state index is -0.896. The Balaban J connectivity index is 1.60. The van der Waals surface area contributed by atoms with Gasteiger partial charge in [-0.05, 0) is 35.4 Å². The number of hydrogen-bond acceptors (Lipinski definition) is 3. The summed E-state index contributed by atoms with van der Waals surface area (Å²) in [6.07, 6.45) is 0. The third-order valence-electron chi connectivity index (χ3n) is 5.68. The number of anilines is 1. The number of carbonyl (C=O) groups excluding carboxylic acids is 1. The van der Waals surface area contributed by atoms with E-state index in [1.807, 2.05) is 60.7 Å². The molecule has 1 amide bonds. The number of pyridine rings is 1. The van der Waals surface area contributed by atoms with Crippen molar-refractivity contribution in [3.05, 3.63) is 124 Å². The number of nitrogens with two attached hydrogens (primary N) is 1. The second-order valence-corrected chi connectivity index (χ2v) is 7.82. The number of nitrogens with zero attached hydrogens (tertiary/aromatic N) is 1. The number of hydrogen-bond donors (Lipinski definition) is 2. The van der Waals surface area contributed by atoms with E-state index in [1.165, 1.54) is 22.8 Å². The molecule has 4 rings (SSSR count). The van der Waals surface area contributed by atoms with Crippen LogP contribution in [0, 0.1) is 5.82 Å². The van der Waals surface area contributed by atoms with Gasteiger partial charge in [0, 0.05) is 30.3 Å². The second-order valence-electron chi connectivity index (χ2n) is 7.82. The van der Waals surface area contributed by atoms with Crippen molar-refractivity contribution in [3.63, 3.8) is 0 Å². The van der Waals surface area contributed by atoms with E-state index in [-0.39, 0.29) is 22.7 Å². The van der Waals surface area contributed by atoms with Crippen molar-refractivity contribution in [1.29, 1.82) is 0 Å². The van der Waals surface area contributed by atoms with Crippen molar-refractivity contribution in [3.8, 4) is 11.3 Å². The molecule has 0 radical (unpaired) electrons. The van der Waals surface area contributed by atoms with Crippen LogP contribution in [0.3, 0.4) is 0 Å². The van der Waals surface area contributed by atoms with Crippen LogP contribution >= 0.6 is 0 Å². The Morgan fingerprint density at radius 1 is 0.879 bits per heavy atom. The van der Waals surface area contributed by atoms with Gasteiger partial charge in [-0.25, -0.2) is 4.39 Å². The number of benzene rings is 3. The van der Waals surface area contributed by atoms with E-state index in [0.717, 1.165) is 11.1 Å². The highest BCUT2D eigenvalue weighted by Crippen LogP contribution is 2.29. The smallest absolute Gasteiger partial charge is 0.250 e. The molecule has 5 nitrogen and oxygen atoms in total. The molecule has 0 aliphatic rings. The molecule has 1 heterocycles. The fraction of sp³-hybridized carbons (Fsp3) is 0.111. The van der Waals surface area contributed by atoms with Crippen molar-refractivity contribution in [2.24, 2.45) is 12.8 Å². The van der Waals surface area contributed by atoms with E-state index >= 15 is 0 Å². The Hall–Kier alpha value is -4.03. The third kappa shape index (κ3) is 4.76. The molecule has 1 atom stereocenters. The van der Waals surface area contributed by atoms with Crippen molar-refractivity contribution in [2.75, 3.05) is 5.32 Å². The SMILES string of the molecule is Cn1c(-c2ccc(NC(=O)C(N)C(c3ccccc3)c3ccccc3)cc2F)cccc1=O. The maximum absolute atomic E-state index is 14.9. The lowest BCUT2D eigenvalue weighted by Gasteiger charge is -2.24. The molecule has 0 aliphatic heterocycles. The van der Waals surface area contributed by atoms with Crippen molar-refractivity contribution in [1.82, 2.24) is 4.57 Å². The first-order valence-electron chi connectivity index (χ1n) is 10.6. The summed E-state index contributed by atoms with van der Waals surface area (Å²) >= 11 is 0. The number of nitrogens with one attached hydrogen (secondary N) is 1. The first kappa shape index (κ1) is 22.2. The van der Waals surface area contributed by atoms with Crippen LogP contribution in [0.2, 0.25) is 0 Å². The minimum Gasteiger partial charge on any atom is -0.325 e. The molecular formula is C27H24FN3O2. The summed E-state index contributed by atoms with van der Waals surface area (Å²) < 4.78 is 16.3. The third-order valence-corrected chi connectivity index (χ3v) is 5.68. The lowest BCUT2D eigenvalue weighted by molar-refractivity contribution is -0.117. The first-order chi connectivity index (χ1) is 16.0. The Kier molecular flexibility index (Phi) is 6.47. The van der Waals surface area contributed by atoms with Crippen molar-refractivity contribution < 1.29 is 9.18 Å². The summed E-state index contributed by atoms with van der Waals surface area (Å²) in [7, 11) is 1.58. The zero-order valence-corrected chi connectivity index (χ0v) is 18.1. The highest BCUT2D eigenvalue weighted by Gasteiger charge is 2.28. The lowest BCUT2D eigenvalue weighted by atomic mass is 9.85. The van der Waals surface area contributed by atoms with Crippen LogP contribution in [0.5, 0.6) is 0 Å². The fourth-order valence-electron chi connectivity index (χ4n) is 3.94. The van der Waals surface area contributed by atoms with E-state index in [4.69, 9.17) is 5.73 Å². The van der Waals surface area contributed by atoms with Gasteiger partial charge < -0.3 is 15.6 Å². The number of halogens is 1. The topological polar surface area (TPSA) is 77.1 Å². The fourth-order valence-corrected chi connectivity index (χ4v) is 3.94. The van der Waals surface area contributed by atoms with E-state index < -0.39 is 17.8 Å². The molecule has 0 fully saturated rings. The van der Waals surface area contributed by atoms with Crippen molar-refractivity contribution in [2.45, 2.75) is 12.0 Å². The van der Waals surface area contributed by atoms with Gasteiger partial charge in [-0.3, -0.25) is 9.59 Å². The summed E-state index contributed by atoms with van der Waals surface area (Å²) in [4.78, 5) is 24.9. The van der Waals surface area contributed by atoms with Crippen LogP contribution in [-0.4, -0.2) is 16.5 Å².